The first kappa shape index (κ1) is 31.7. The van der Waals surface area contributed by atoms with Crippen LogP contribution in [-0.2, 0) is 33.7 Å². The number of hydrazine groups is 1. The molecule has 1 aliphatic rings. The van der Waals surface area contributed by atoms with Crippen LogP contribution in [0.3, 0.4) is 0 Å². The minimum absolute atomic E-state index is 0.0562. The molecule has 0 fully saturated rings. The molecule has 0 aliphatic heterocycles. The van der Waals surface area contributed by atoms with E-state index in [4.69, 9.17) is 4.74 Å². The van der Waals surface area contributed by atoms with Crippen molar-refractivity contribution in [3.8, 4) is 0 Å². The Morgan fingerprint density at radius 3 is 2.19 bits per heavy atom. The molecule has 0 spiro atoms. The average molecular weight is 589 g/mol. The van der Waals surface area contributed by atoms with E-state index in [1.807, 2.05) is 84.9 Å². The molecule has 4 rings (SSSR count). The lowest BCUT2D eigenvalue weighted by molar-refractivity contribution is -0.147. The third-order valence-corrected chi connectivity index (χ3v) is 7.60. The van der Waals surface area contributed by atoms with Gasteiger partial charge in [-0.15, -0.1) is 0 Å². The molecule has 3 amide bonds. The second kappa shape index (κ2) is 14.3. The number of amides is 3. The molecule has 43 heavy (non-hydrogen) atoms. The van der Waals surface area contributed by atoms with Crippen molar-refractivity contribution < 1.29 is 29.3 Å². The van der Waals surface area contributed by atoms with Crippen molar-refractivity contribution in [3.63, 3.8) is 0 Å². The highest BCUT2D eigenvalue weighted by Gasteiger charge is 2.42. The summed E-state index contributed by atoms with van der Waals surface area (Å²) in [5, 5.41) is 29.9. The summed E-state index contributed by atoms with van der Waals surface area (Å²) in [6.45, 7) is 3.44. The Labute approximate surface area is 252 Å². The predicted molar refractivity (Wildman–Crippen MR) is 161 cm³/mol. The third-order valence-electron chi connectivity index (χ3n) is 7.60. The van der Waals surface area contributed by atoms with Crippen LogP contribution >= 0.6 is 0 Å². The van der Waals surface area contributed by atoms with E-state index in [0.717, 1.165) is 16.7 Å². The molecule has 4 atom stereocenters. The number of aliphatic hydroxyl groups is 2. The summed E-state index contributed by atoms with van der Waals surface area (Å²) in [6.07, 6.45) is -1.27. The van der Waals surface area contributed by atoms with Crippen LogP contribution in [0.4, 0.5) is 4.79 Å². The second-order valence-electron chi connectivity index (χ2n) is 11.3. The Morgan fingerprint density at radius 1 is 0.953 bits per heavy atom. The lowest BCUT2D eigenvalue weighted by Gasteiger charge is -2.35. The molecular weight excluding hydrogens is 548 g/mol. The molecule has 1 unspecified atom stereocenters. The van der Waals surface area contributed by atoms with E-state index < -0.39 is 41.7 Å². The zero-order chi connectivity index (χ0) is 31.0. The summed E-state index contributed by atoms with van der Waals surface area (Å²) in [4.78, 5) is 39.4. The fourth-order valence-electron chi connectivity index (χ4n) is 5.37. The van der Waals surface area contributed by atoms with Crippen molar-refractivity contribution in [1.29, 1.82) is 0 Å². The van der Waals surface area contributed by atoms with Crippen molar-refractivity contribution in [2.45, 2.75) is 57.0 Å². The molecule has 0 heterocycles. The van der Waals surface area contributed by atoms with Crippen LogP contribution in [0.1, 0.15) is 42.1 Å². The molecule has 1 aliphatic carbocycles. The number of hydrogen-bond acceptors (Lipinski definition) is 7. The van der Waals surface area contributed by atoms with Crippen LogP contribution in [-0.4, -0.2) is 64.5 Å². The standard InChI is InChI=1S/C33H40N4O6/c1-22(2)28(35-32(41)43-3)30(39)36-37(20-24-14-8-5-9-15-24)21-33(42,19-23-12-6-4-7-13-23)31(40)34-29-26-17-11-10-16-25(26)18-27(29)38/h4-17,22,27-29,38,42H,18-21H2,1-3H3,(H,34,40)(H,35,41)(H,36,39)/t27-,28+,29?,33+/m1/s1. The summed E-state index contributed by atoms with van der Waals surface area (Å²) in [5.41, 5.74) is 4.07. The molecule has 0 aromatic heterocycles. The van der Waals surface area contributed by atoms with Crippen LogP contribution in [0.5, 0.6) is 0 Å². The first-order chi connectivity index (χ1) is 20.6. The number of ether oxygens (including phenoxy) is 1. The first-order valence-electron chi connectivity index (χ1n) is 14.4. The Hall–Kier alpha value is -4.25. The fraction of sp³-hybridized carbons (Fsp3) is 0.364. The van der Waals surface area contributed by atoms with Crippen LogP contribution < -0.4 is 16.1 Å². The normalized spacial score (nSPS) is 17.9. The van der Waals surface area contributed by atoms with Gasteiger partial charge in [-0.05, 0) is 28.2 Å². The molecule has 0 bridgehead atoms. The number of nitrogens with zero attached hydrogens (tertiary/aromatic N) is 1. The Kier molecular flexibility index (Phi) is 10.5. The Bertz CT molecular complexity index is 1390. The van der Waals surface area contributed by atoms with E-state index in [0.29, 0.717) is 12.0 Å². The molecular formula is C33H40N4O6. The van der Waals surface area contributed by atoms with Gasteiger partial charge >= 0.3 is 6.09 Å². The van der Waals surface area contributed by atoms with Crippen LogP contribution in [0.25, 0.3) is 0 Å². The van der Waals surface area contributed by atoms with E-state index in [-0.39, 0.29) is 25.4 Å². The molecule has 5 N–H and O–H groups in total. The van der Waals surface area contributed by atoms with Crippen molar-refractivity contribution >= 4 is 17.9 Å². The molecule has 10 nitrogen and oxygen atoms in total. The molecule has 0 radical (unpaired) electrons. The lowest BCUT2D eigenvalue weighted by Crippen LogP contribution is -2.61. The van der Waals surface area contributed by atoms with E-state index in [1.165, 1.54) is 12.1 Å². The van der Waals surface area contributed by atoms with Crippen molar-refractivity contribution in [1.82, 2.24) is 21.1 Å². The average Bonchev–Trinajstić information content (AvgIpc) is 3.30. The largest absolute Gasteiger partial charge is 0.453 e. The maximum absolute atomic E-state index is 14.0. The lowest BCUT2D eigenvalue weighted by atomic mass is 9.92. The van der Waals surface area contributed by atoms with Crippen molar-refractivity contribution in [3.05, 3.63) is 107 Å². The number of benzene rings is 3. The summed E-state index contributed by atoms with van der Waals surface area (Å²) in [5.74, 6) is -1.50. The highest BCUT2D eigenvalue weighted by Crippen LogP contribution is 2.32. The molecule has 10 heteroatoms. The second-order valence-corrected chi connectivity index (χ2v) is 11.3. The Morgan fingerprint density at radius 2 is 1.56 bits per heavy atom. The van der Waals surface area contributed by atoms with Gasteiger partial charge in [0.1, 0.15) is 6.04 Å². The smallest absolute Gasteiger partial charge is 0.407 e. The summed E-state index contributed by atoms with van der Waals surface area (Å²) in [6, 6.07) is 24.3. The minimum Gasteiger partial charge on any atom is -0.453 e. The number of fused-ring (bicyclic) bond motifs is 1. The van der Waals surface area contributed by atoms with Gasteiger partial charge in [-0.3, -0.25) is 15.0 Å². The summed E-state index contributed by atoms with van der Waals surface area (Å²) < 4.78 is 4.70. The SMILES string of the molecule is COC(=O)N[C@H](C(=O)NN(Cc1ccccc1)C[C@@](O)(Cc1ccccc1)C(=O)NC1c2ccccc2C[C@H]1O)C(C)C. The molecule has 3 aromatic rings. The number of carbonyl (C=O) groups excluding carboxylic acids is 3. The zero-order valence-electron chi connectivity index (χ0n) is 24.7. The van der Waals surface area contributed by atoms with Gasteiger partial charge in [0.2, 0.25) is 0 Å². The van der Waals surface area contributed by atoms with Gasteiger partial charge in [0.25, 0.3) is 11.8 Å². The topological polar surface area (TPSA) is 140 Å². The fourth-order valence-corrected chi connectivity index (χ4v) is 5.37. The third kappa shape index (κ3) is 8.19. The van der Waals surface area contributed by atoms with Crippen molar-refractivity contribution in [2.24, 2.45) is 5.92 Å². The number of methoxy groups -OCH3 is 1. The van der Waals surface area contributed by atoms with Gasteiger partial charge in [-0.25, -0.2) is 9.80 Å². The number of rotatable bonds is 12. The van der Waals surface area contributed by atoms with Gasteiger partial charge in [-0.2, -0.15) is 0 Å². The number of aliphatic hydroxyl groups excluding tert-OH is 1. The van der Waals surface area contributed by atoms with Crippen LogP contribution in [0, 0.1) is 5.92 Å². The van der Waals surface area contributed by atoms with Crippen LogP contribution in [0.15, 0.2) is 84.9 Å². The van der Waals surface area contributed by atoms with E-state index >= 15 is 0 Å². The van der Waals surface area contributed by atoms with Gasteiger partial charge in [0, 0.05) is 19.4 Å². The maximum atomic E-state index is 14.0. The van der Waals surface area contributed by atoms with E-state index in [9.17, 15) is 24.6 Å². The summed E-state index contributed by atoms with van der Waals surface area (Å²) >= 11 is 0. The van der Waals surface area contributed by atoms with Gasteiger partial charge in [0.15, 0.2) is 5.60 Å². The number of alkyl carbamates (subject to hydrolysis) is 1. The molecule has 228 valence electrons. The quantitative estimate of drug-likeness (QED) is 0.205. The van der Waals surface area contributed by atoms with E-state index in [2.05, 4.69) is 16.1 Å². The maximum Gasteiger partial charge on any atom is 0.407 e. The number of nitrogens with one attached hydrogen (secondary N) is 3. The van der Waals surface area contributed by atoms with Gasteiger partial charge < -0.3 is 25.6 Å². The molecule has 0 saturated carbocycles. The summed E-state index contributed by atoms with van der Waals surface area (Å²) in [7, 11) is 1.22. The highest BCUT2D eigenvalue weighted by molar-refractivity contribution is 5.87. The van der Waals surface area contributed by atoms with Crippen LogP contribution in [0.2, 0.25) is 0 Å². The number of carbonyl (C=O) groups is 3. The Balaban J connectivity index is 1.64. The number of hydrogen-bond donors (Lipinski definition) is 5. The predicted octanol–water partition coefficient (Wildman–Crippen LogP) is 2.65. The first-order valence-corrected chi connectivity index (χ1v) is 14.4. The zero-order valence-corrected chi connectivity index (χ0v) is 24.7. The van der Waals surface area contributed by atoms with Gasteiger partial charge in [0.05, 0.1) is 25.8 Å². The van der Waals surface area contributed by atoms with Gasteiger partial charge in [-0.1, -0.05) is 98.8 Å². The molecule has 0 saturated heterocycles. The van der Waals surface area contributed by atoms with Crippen molar-refractivity contribution in [2.75, 3.05) is 13.7 Å². The van der Waals surface area contributed by atoms with E-state index in [1.54, 1.807) is 13.8 Å². The minimum atomic E-state index is -2.02. The monoisotopic (exact) mass is 588 g/mol. The molecule has 3 aromatic carbocycles. The highest BCUT2D eigenvalue weighted by atomic mass is 16.5.